The number of nitrogens with zero attached hydrogens (tertiary/aromatic N) is 1. The predicted octanol–water partition coefficient (Wildman–Crippen LogP) is 3.71. The van der Waals surface area contributed by atoms with E-state index in [4.69, 9.17) is 40.5 Å². The molecular formula is C17H17Cl3N2O2. The number of halogens is 3. The van der Waals surface area contributed by atoms with E-state index in [1.807, 2.05) is 0 Å². The number of rotatable bonds is 6. The summed E-state index contributed by atoms with van der Waals surface area (Å²) in [4.78, 5) is 14.1. The highest BCUT2D eigenvalue weighted by Crippen LogP contribution is 2.27. The number of anilines is 1. The molecule has 24 heavy (non-hydrogen) atoms. The van der Waals surface area contributed by atoms with Gasteiger partial charge in [-0.25, -0.2) is 0 Å². The fourth-order valence-electron chi connectivity index (χ4n) is 2.21. The quantitative estimate of drug-likeness (QED) is 0.793. The number of hydrogen-bond acceptors (Lipinski definition) is 4. The van der Waals surface area contributed by atoms with Crippen LogP contribution in [0.25, 0.3) is 0 Å². The van der Waals surface area contributed by atoms with Crippen molar-refractivity contribution in [3.05, 3.63) is 63.1 Å². The number of benzene rings is 2. The maximum absolute atomic E-state index is 12.3. The molecule has 0 fully saturated rings. The van der Waals surface area contributed by atoms with E-state index in [1.54, 1.807) is 48.3 Å². The van der Waals surface area contributed by atoms with Crippen LogP contribution >= 0.6 is 34.8 Å². The van der Waals surface area contributed by atoms with Crippen molar-refractivity contribution in [1.29, 1.82) is 0 Å². The lowest BCUT2D eigenvalue weighted by atomic mass is 9.99. The van der Waals surface area contributed by atoms with E-state index < -0.39 is 12.1 Å². The van der Waals surface area contributed by atoms with E-state index in [0.29, 0.717) is 20.6 Å². The van der Waals surface area contributed by atoms with Crippen LogP contribution in [0.5, 0.6) is 0 Å². The van der Waals surface area contributed by atoms with Gasteiger partial charge in [-0.3, -0.25) is 4.79 Å². The lowest BCUT2D eigenvalue weighted by Crippen LogP contribution is -2.42. The molecule has 0 radical (unpaired) electrons. The number of hydrogen-bond donors (Lipinski definition) is 2. The molecule has 0 amide bonds. The molecule has 2 atom stereocenters. The van der Waals surface area contributed by atoms with Gasteiger partial charge in [-0.05, 0) is 42.0 Å². The average Bonchev–Trinajstić information content (AvgIpc) is 2.56. The summed E-state index contributed by atoms with van der Waals surface area (Å²) in [5.74, 6) is -0.300. The summed E-state index contributed by atoms with van der Waals surface area (Å²) in [5, 5.41) is 11.6. The zero-order valence-corrected chi connectivity index (χ0v) is 15.2. The Balaban J connectivity index is 2.05. The molecule has 0 saturated carbocycles. The maximum atomic E-state index is 12.3. The first-order valence-electron chi connectivity index (χ1n) is 7.17. The number of likely N-dealkylation sites (N-methyl/N-ethyl adjacent to an activating group) is 1. The summed E-state index contributed by atoms with van der Waals surface area (Å²) in [6.45, 7) is 0.0567. The second-order valence-electron chi connectivity index (χ2n) is 5.44. The van der Waals surface area contributed by atoms with E-state index in [9.17, 15) is 9.90 Å². The summed E-state index contributed by atoms with van der Waals surface area (Å²) in [6, 6.07) is 10.7. The molecule has 2 aromatic carbocycles. The van der Waals surface area contributed by atoms with Gasteiger partial charge in [0.25, 0.3) is 0 Å². The minimum absolute atomic E-state index is 0.0567. The average molecular weight is 388 g/mol. The summed E-state index contributed by atoms with van der Waals surface area (Å²) < 4.78 is 0. The SMILES string of the molecule is CN(CC(=O)C(N)C(O)c1ccc(Cl)c(Cl)c1)c1ccc(Cl)cc1. The Bertz CT molecular complexity index is 722. The standard InChI is InChI=1S/C17H17Cl3N2O2/c1-22(12-5-3-11(18)4-6-12)9-15(23)16(21)17(24)10-2-7-13(19)14(20)8-10/h2-8,16-17,24H,9,21H2,1H3. The van der Waals surface area contributed by atoms with Gasteiger partial charge >= 0.3 is 0 Å². The van der Waals surface area contributed by atoms with Crippen molar-refractivity contribution in [3.8, 4) is 0 Å². The van der Waals surface area contributed by atoms with E-state index in [2.05, 4.69) is 0 Å². The van der Waals surface area contributed by atoms with E-state index >= 15 is 0 Å². The number of Topliss-reactive ketones (excluding diaryl/α,β-unsaturated/α-hetero) is 1. The Hall–Kier alpha value is -1.30. The largest absolute Gasteiger partial charge is 0.386 e. The predicted molar refractivity (Wildman–Crippen MR) is 99.1 cm³/mol. The van der Waals surface area contributed by atoms with Crippen molar-refractivity contribution in [2.75, 3.05) is 18.5 Å². The van der Waals surface area contributed by atoms with Gasteiger partial charge in [0.2, 0.25) is 0 Å². The number of aliphatic hydroxyl groups is 1. The summed E-state index contributed by atoms with van der Waals surface area (Å²) >= 11 is 17.6. The number of aliphatic hydroxyl groups excluding tert-OH is 1. The van der Waals surface area contributed by atoms with Crippen molar-refractivity contribution in [2.24, 2.45) is 5.73 Å². The van der Waals surface area contributed by atoms with Crippen molar-refractivity contribution >= 4 is 46.3 Å². The van der Waals surface area contributed by atoms with Crippen LogP contribution in [0.15, 0.2) is 42.5 Å². The van der Waals surface area contributed by atoms with Gasteiger partial charge in [0.15, 0.2) is 5.78 Å². The molecule has 0 aliphatic rings. The first kappa shape index (κ1) is 19.0. The zero-order valence-electron chi connectivity index (χ0n) is 12.9. The monoisotopic (exact) mass is 386 g/mol. The molecule has 128 valence electrons. The van der Waals surface area contributed by atoms with Crippen molar-refractivity contribution in [1.82, 2.24) is 0 Å². The highest BCUT2D eigenvalue weighted by molar-refractivity contribution is 6.42. The highest BCUT2D eigenvalue weighted by Gasteiger charge is 2.25. The van der Waals surface area contributed by atoms with Gasteiger partial charge in [0.05, 0.1) is 22.6 Å². The Morgan fingerprint density at radius 1 is 1.12 bits per heavy atom. The summed E-state index contributed by atoms with van der Waals surface area (Å²) in [6.07, 6.45) is -1.16. The van der Waals surface area contributed by atoms with E-state index in [-0.39, 0.29) is 12.3 Å². The molecule has 0 heterocycles. The number of carbonyl (C=O) groups excluding carboxylic acids is 1. The molecule has 0 bridgehead atoms. The zero-order chi connectivity index (χ0) is 17.9. The first-order chi connectivity index (χ1) is 11.3. The van der Waals surface area contributed by atoms with Crippen LogP contribution in [0, 0.1) is 0 Å². The van der Waals surface area contributed by atoms with Gasteiger partial charge in [-0.1, -0.05) is 40.9 Å². The minimum atomic E-state index is -1.16. The third-order valence-electron chi connectivity index (χ3n) is 3.66. The number of ketones is 1. The highest BCUT2D eigenvalue weighted by atomic mass is 35.5. The first-order valence-corrected chi connectivity index (χ1v) is 8.31. The van der Waals surface area contributed by atoms with Crippen LogP contribution < -0.4 is 10.6 Å². The molecule has 2 rings (SSSR count). The summed E-state index contributed by atoms with van der Waals surface area (Å²) in [7, 11) is 1.76. The maximum Gasteiger partial charge on any atom is 0.171 e. The van der Waals surface area contributed by atoms with Gasteiger partial charge in [0, 0.05) is 17.8 Å². The van der Waals surface area contributed by atoms with E-state index in [0.717, 1.165) is 5.69 Å². The molecule has 2 aromatic rings. The molecule has 3 N–H and O–H groups in total. The Morgan fingerprint density at radius 3 is 2.33 bits per heavy atom. The molecule has 7 heteroatoms. The fraction of sp³-hybridized carbons (Fsp3) is 0.235. The number of carbonyl (C=O) groups is 1. The molecule has 0 saturated heterocycles. The third kappa shape index (κ3) is 4.62. The minimum Gasteiger partial charge on any atom is -0.386 e. The lowest BCUT2D eigenvalue weighted by Gasteiger charge is -2.23. The Morgan fingerprint density at radius 2 is 1.75 bits per heavy atom. The lowest BCUT2D eigenvalue weighted by molar-refractivity contribution is -0.121. The number of nitrogens with two attached hydrogens (primary N) is 1. The van der Waals surface area contributed by atoms with Crippen LogP contribution in [0.2, 0.25) is 15.1 Å². The Labute approximate surface area is 155 Å². The fourth-order valence-corrected chi connectivity index (χ4v) is 2.64. The molecule has 0 spiro atoms. The van der Waals surface area contributed by atoms with Crippen LogP contribution in [-0.4, -0.2) is 30.5 Å². The molecule has 0 aromatic heterocycles. The molecule has 0 aliphatic heterocycles. The second kappa shape index (κ2) is 8.19. The molecule has 0 aliphatic carbocycles. The topological polar surface area (TPSA) is 66.6 Å². The molecule has 2 unspecified atom stereocenters. The summed E-state index contributed by atoms with van der Waals surface area (Å²) in [5.41, 5.74) is 7.18. The van der Waals surface area contributed by atoms with Gasteiger partial charge < -0.3 is 15.7 Å². The van der Waals surface area contributed by atoms with Crippen LogP contribution in [0.4, 0.5) is 5.69 Å². The van der Waals surface area contributed by atoms with Crippen molar-refractivity contribution < 1.29 is 9.90 Å². The van der Waals surface area contributed by atoms with Crippen molar-refractivity contribution in [2.45, 2.75) is 12.1 Å². The molecular weight excluding hydrogens is 371 g/mol. The molecule has 4 nitrogen and oxygen atoms in total. The van der Waals surface area contributed by atoms with Crippen LogP contribution in [0.3, 0.4) is 0 Å². The smallest absolute Gasteiger partial charge is 0.171 e. The van der Waals surface area contributed by atoms with Crippen molar-refractivity contribution in [3.63, 3.8) is 0 Å². The van der Waals surface area contributed by atoms with Crippen LogP contribution in [0.1, 0.15) is 11.7 Å². The van der Waals surface area contributed by atoms with Gasteiger partial charge in [-0.15, -0.1) is 0 Å². The van der Waals surface area contributed by atoms with Gasteiger partial charge in [-0.2, -0.15) is 0 Å². The third-order valence-corrected chi connectivity index (χ3v) is 4.65. The van der Waals surface area contributed by atoms with Crippen LogP contribution in [-0.2, 0) is 4.79 Å². The Kier molecular flexibility index (Phi) is 6.49. The van der Waals surface area contributed by atoms with Gasteiger partial charge in [0.1, 0.15) is 6.10 Å². The van der Waals surface area contributed by atoms with E-state index in [1.165, 1.54) is 6.07 Å². The normalized spacial score (nSPS) is 13.4. The second-order valence-corrected chi connectivity index (χ2v) is 6.69.